The lowest BCUT2D eigenvalue weighted by Gasteiger charge is -2.53. The fraction of sp³-hybridized carbons (Fsp3) is 0.812. The molecule has 4 nitrogen and oxygen atoms in total. The summed E-state index contributed by atoms with van der Waals surface area (Å²) < 4.78 is 0. The molecule has 20 heavy (non-hydrogen) atoms. The maximum atomic E-state index is 11.8. The normalized spacial score (nSPS) is 22.5. The van der Waals surface area contributed by atoms with Gasteiger partial charge in [0.25, 0.3) is 0 Å². The van der Waals surface area contributed by atoms with Crippen LogP contribution in [0.15, 0.2) is 12.2 Å². The highest BCUT2D eigenvalue weighted by Gasteiger charge is 2.46. The van der Waals surface area contributed by atoms with E-state index in [1.807, 2.05) is 0 Å². The fourth-order valence-corrected chi connectivity index (χ4v) is 3.21. The summed E-state index contributed by atoms with van der Waals surface area (Å²) in [6, 6.07) is 0.158. The zero-order chi connectivity index (χ0) is 15.6. The molecule has 0 aromatic heterocycles. The third-order valence-electron chi connectivity index (χ3n) is 3.74. The second kappa shape index (κ2) is 6.27. The summed E-state index contributed by atoms with van der Waals surface area (Å²) in [6.07, 6.45) is 2.75. The van der Waals surface area contributed by atoms with Crippen LogP contribution in [0.1, 0.15) is 60.8 Å². The molecule has 1 fully saturated rings. The number of nitrogens with one attached hydrogen (secondary N) is 1. The summed E-state index contributed by atoms with van der Waals surface area (Å²) in [7, 11) is 0. The highest BCUT2D eigenvalue weighted by atomic mass is 16.7. The molecule has 4 heteroatoms. The Labute approximate surface area is 123 Å². The quantitative estimate of drug-likeness (QED) is 0.788. The third kappa shape index (κ3) is 4.06. The van der Waals surface area contributed by atoms with E-state index in [-0.39, 0.29) is 23.0 Å². The van der Waals surface area contributed by atoms with Crippen molar-refractivity contribution < 1.29 is 9.63 Å². The Kier molecular flexibility index (Phi) is 5.39. The number of carbonyl (C=O) groups excluding carboxylic acids is 1. The first-order valence-corrected chi connectivity index (χ1v) is 7.50. The Morgan fingerprint density at radius 1 is 1.30 bits per heavy atom. The van der Waals surface area contributed by atoms with Crippen molar-refractivity contribution in [3.8, 4) is 0 Å². The summed E-state index contributed by atoms with van der Waals surface area (Å²) in [5.41, 5.74) is 0.346. The molecule has 1 heterocycles. The molecular weight excluding hydrogens is 252 g/mol. The van der Waals surface area contributed by atoms with Crippen molar-refractivity contribution in [3.05, 3.63) is 12.2 Å². The van der Waals surface area contributed by atoms with Gasteiger partial charge in [0.1, 0.15) is 0 Å². The van der Waals surface area contributed by atoms with Crippen LogP contribution in [0.3, 0.4) is 0 Å². The number of carbonyl (C=O) groups is 1. The Morgan fingerprint density at radius 3 is 2.20 bits per heavy atom. The Hall–Kier alpha value is -0.870. The average Bonchev–Trinajstić information content (AvgIpc) is 2.25. The number of hydrogen-bond acceptors (Lipinski definition) is 3. The largest absolute Gasteiger partial charge is 0.349 e. The molecule has 0 aromatic rings. The van der Waals surface area contributed by atoms with E-state index in [0.717, 1.165) is 25.9 Å². The summed E-state index contributed by atoms with van der Waals surface area (Å²) in [5, 5.41) is 5.20. The second-order valence-corrected chi connectivity index (χ2v) is 7.11. The Balaban J connectivity index is 2.81. The molecule has 0 bridgehead atoms. The van der Waals surface area contributed by atoms with Crippen molar-refractivity contribution in [3.63, 3.8) is 0 Å². The Morgan fingerprint density at radius 2 is 1.80 bits per heavy atom. The van der Waals surface area contributed by atoms with Crippen molar-refractivity contribution in [2.45, 2.75) is 77.9 Å². The van der Waals surface area contributed by atoms with Crippen molar-refractivity contribution >= 4 is 5.91 Å². The van der Waals surface area contributed by atoms with E-state index < -0.39 is 0 Å². The van der Waals surface area contributed by atoms with Crippen LogP contribution in [0, 0.1) is 0 Å². The molecule has 0 spiro atoms. The first-order chi connectivity index (χ1) is 9.10. The lowest BCUT2D eigenvalue weighted by Crippen LogP contribution is -2.64. The summed E-state index contributed by atoms with van der Waals surface area (Å²) in [4.78, 5) is 17.8. The third-order valence-corrected chi connectivity index (χ3v) is 3.74. The molecule has 1 amide bonds. The maximum Gasteiger partial charge on any atom is 0.246 e. The van der Waals surface area contributed by atoms with Crippen LogP contribution < -0.4 is 5.32 Å². The van der Waals surface area contributed by atoms with Gasteiger partial charge in [-0.3, -0.25) is 9.63 Å². The minimum absolute atomic E-state index is 0.0514. The minimum atomic E-state index is -0.107. The van der Waals surface area contributed by atoms with Gasteiger partial charge in [0.05, 0.1) is 6.61 Å². The molecule has 0 aromatic carbocycles. The van der Waals surface area contributed by atoms with Gasteiger partial charge < -0.3 is 5.32 Å². The van der Waals surface area contributed by atoms with Crippen LogP contribution in [-0.4, -0.2) is 34.7 Å². The van der Waals surface area contributed by atoms with Gasteiger partial charge in [-0.1, -0.05) is 13.5 Å². The summed E-state index contributed by atoms with van der Waals surface area (Å²) in [5.74, 6) is -0.0514. The van der Waals surface area contributed by atoms with E-state index in [9.17, 15) is 4.79 Å². The van der Waals surface area contributed by atoms with E-state index in [1.54, 1.807) is 6.92 Å². The predicted molar refractivity (Wildman–Crippen MR) is 82.2 cm³/mol. The van der Waals surface area contributed by atoms with Crippen LogP contribution in [0.25, 0.3) is 0 Å². The zero-order valence-electron chi connectivity index (χ0n) is 13.9. The molecule has 116 valence electrons. The number of hydrogen-bond donors (Lipinski definition) is 1. The first kappa shape index (κ1) is 17.2. The van der Waals surface area contributed by atoms with Crippen LogP contribution in [0.4, 0.5) is 0 Å². The molecule has 1 aliphatic heterocycles. The second-order valence-electron chi connectivity index (χ2n) is 7.11. The standard InChI is InChI=1S/C16H30N2O2/c1-8-9-20-18-15(4,5)10-13(11-16(18,6)7)17-14(19)12(2)3/h13H,2,8-11H2,1,3-7H3,(H,17,19). The molecule has 0 saturated carbocycles. The molecule has 1 rings (SSSR count). The van der Waals surface area contributed by atoms with Crippen molar-refractivity contribution in [1.29, 1.82) is 0 Å². The van der Waals surface area contributed by atoms with Gasteiger partial charge in [0.15, 0.2) is 0 Å². The van der Waals surface area contributed by atoms with Crippen LogP contribution in [0.2, 0.25) is 0 Å². The highest BCUT2D eigenvalue weighted by Crippen LogP contribution is 2.38. The van der Waals surface area contributed by atoms with E-state index in [4.69, 9.17) is 4.84 Å². The van der Waals surface area contributed by atoms with E-state index in [2.05, 4.69) is 51.6 Å². The van der Waals surface area contributed by atoms with E-state index >= 15 is 0 Å². The number of amides is 1. The van der Waals surface area contributed by atoms with Crippen molar-refractivity contribution in [2.24, 2.45) is 0 Å². The molecule has 1 N–H and O–H groups in total. The summed E-state index contributed by atoms with van der Waals surface area (Å²) in [6.45, 7) is 17.0. The number of nitrogens with zero attached hydrogens (tertiary/aromatic N) is 1. The van der Waals surface area contributed by atoms with Gasteiger partial charge >= 0.3 is 0 Å². The molecule has 0 unspecified atom stereocenters. The molecule has 0 radical (unpaired) electrons. The topological polar surface area (TPSA) is 41.6 Å². The first-order valence-electron chi connectivity index (χ1n) is 7.50. The molecular formula is C16H30N2O2. The van der Waals surface area contributed by atoms with Gasteiger partial charge in [-0.15, -0.1) is 0 Å². The van der Waals surface area contributed by atoms with Gasteiger partial charge in [0, 0.05) is 22.7 Å². The minimum Gasteiger partial charge on any atom is -0.349 e. The zero-order valence-corrected chi connectivity index (χ0v) is 13.9. The van der Waals surface area contributed by atoms with Crippen LogP contribution >= 0.6 is 0 Å². The molecule has 1 saturated heterocycles. The molecule has 0 aliphatic carbocycles. The van der Waals surface area contributed by atoms with Crippen molar-refractivity contribution in [1.82, 2.24) is 10.4 Å². The number of hydroxylamine groups is 2. The fourth-order valence-electron chi connectivity index (χ4n) is 3.21. The monoisotopic (exact) mass is 282 g/mol. The number of piperidine rings is 1. The van der Waals surface area contributed by atoms with E-state index in [0.29, 0.717) is 5.57 Å². The van der Waals surface area contributed by atoms with Gasteiger partial charge in [-0.2, -0.15) is 5.06 Å². The Bertz CT molecular complexity index is 357. The smallest absolute Gasteiger partial charge is 0.246 e. The lowest BCUT2D eigenvalue weighted by atomic mass is 9.79. The summed E-state index contributed by atoms with van der Waals surface area (Å²) >= 11 is 0. The van der Waals surface area contributed by atoms with Gasteiger partial charge in [-0.25, -0.2) is 0 Å². The van der Waals surface area contributed by atoms with Gasteiger partial charge in [-0.05, 0) is 53.9 Å². The molecule has 0 atom stereocenters. The van der Waals surface area contributed by atoms with Crippen LogP contribution in [-0.2, 0) is 9.63 Å². The SMILES string of the molecule is C=C(C)C(=O)NC1CC(C)(C)N(OCCC)C(C)(C)C1. The lowest BCUT2D eigenvalue weighted by molar-refractivity contribution is -0.283. The van der Waals surface area contributed by atoms with Crippen molar-refractivity contribution in [2.75, 3.05) is 6.61 Å². The predicted octanol–water partition coefficient (Wildman–Crippen LogP) is 3.04. The molecule has 1 aliphatic rings. The highest BCUT2D eigenvalue weighted by molar-refractivity contribution is 5.92. The maximum absolute atomic E-state index is 11.8. The van der Waals surface area contributed by atoms with Gasteiger partial charge in [0.2, 0.25) is 5.91 Å². The average molecular weight is 282 g/mol. The number of rotatable bonds is 5. The van der Waals surface area contributed by atoms with Crippen LogP contribution in [0.5, 0.6) is 0 Å². The van der Waals surface area contributed by atoms with E-state index in [1.165, 1.54) is 0 Å².